The van der Waals surface area contributed by atoms with Crippen LogP contribution in [-0.4, -0.2) is 5.38 Å². The number of hydrogen-bond donors (Lipinski definition) is 0. The Morgan fingerprint density at radius 2 is 1.60 bits per heavy atom. The fourth-order valence-electron chi connectivity index (χ4n) is 1.62. The van der Waals surface area contributed by atoms with Gasteiger partial charge in [0.1, 0.15) is 0 Å². The van der Waals surface area contributed by atoms with Crippen LogP contribution in [0.4, 0.5) is 0 Å². The van der Waals surface area contributed by atoms with Gasteiger partial charge < -0.3 is 0 Å². The lowest BCUT2D eigenvalue weighted by Crippen LogP contribution is -2.13. The maximum atomic E-state index is 6.14. The molecule has 0 aromatic heterocycles. The topological polar surface area (TPSA) is 0 Å². The van der Waals surface area contributed by atoms with E-state index < -0.39 is 0 Å². The number of halogens is 1. The average Bonchev–Trinajstić information content (AvgIpc) is 1.92. The van der Waals surface area contributed by atoms with E-state index in [4.69, 9.17) is 11.6 Å². The first-order chi connectivity index (χ1) is 4.80. The second-order valence-electron chi connectivity index (χ2n) is 3.48. The first-order valence-corrected chi connectivity index (χ1v) is 4.88. The summed E-state index contributed by atoms with van der Waals surface area (Å²) in [5.74, 6) is 0.752. The molecule has 1 saturated carbocycles. The molecule has 0 spiro atoms. The van der Waals surface area contributed by atoms with E-state index in [0.717, 1.165) is 5.92 Å². The van der Waals surface area contributed by atoms with Crippen molar-refractivity contribution in [1.29, 1.82) is 0 Å². The lowest BCUT2D eigenvalue weighted by Gasteiger charge is -2.20. The second kappa shape index (κ2) is 4.23. The normalized spacial score (nSPS) is 36.6. The Morgan fingerprint density at radius 3 is 2.30 bits per heavy atom. The lowest BCUT2D eigenvalue weighted by molar-refractivity contribution is 0.410. The Kier molecular flexibility index (Phi) is 3.55. The largest absolute Gasteiger partial charge is 0.123 e. The van der Waals surface area contributed by atoms with Crippen LogP contribution in [0.1, 0.15) is 45.4 Å². The van der Waals surface area contributed by atoms with Crippen molar-refractivity contribution in [3.8, 4) is 0 Å². The van der Waals surface area contributed by atoms with Gasteiger partial charge in [-0.25, -0.2) is 0 Å². The van der Waals surface area contributed by atoms with E-state index in [1.54, 1.807) is 0 Å². The van der Waals surface area contributed by atoms with E-state index in [2.05, 4.69) is 6.92 Å². The minimum absolute atomic E-state index is 0.459. The summed E-state index contributed by atoms with van der Waals surface area (Å²) in [4.78, 5) is 0. The van der Waals surface area contributed by atoms with E-state index in [1.807, 2.05) is 0 Å². The van der Waals surface area contributed by atoms with Crippen LogP contribution in [0.25, 0.3) is 0 Å². The molecule has 1 rings (SSSR count). The van der Waals surface area contributed by atoms with Crippen molar-refractivity contribution in [3.05, 3.63) is 0 Å². The van der Waals surface area contributed by atoms with Crippen LogP contribution in [0.15, 0.2) is 0 Å². The zero-order valence-electron chi connectivity index (χ0n) is 6.78. The van der Waals surface area contributed by atoms with Crippen LogP contribution in [0, 0.1) is 5.92 Å². The van der Waals surface area contributed by atoms with Crippen molar-refractivity contribution in [2.45, 2.75) is 50.8 Å². The van der Waals surface area contributed by atoms with Crippen LogP contribution < -0.4 is 0 Å². The molecule has 1 aliphatic carbocycles. The molecule has 0 N–H and O–H groups in total. The zero-order valence-corrected chi connectivity index (χ0v) is 7.53. The molecule has 0 amide bonds. The highest BCUT2D eigenvalue weighted by atomic mass is 35.5. The van der Waals surface area contributed by atoms with Crippen LogP contribution >= 0.6 is 11.6 Å². The fourth-order valence-corrected chi connectivity index (χ4v) is 1.90. The third kappa shape index (κ3) is 2.49. The lowest BCUT2D eigenvalue weighted by atomic mass is 9.92. The van der Waals surface area contributed by atoms with Gasteiger partial charge in [-0.3, -0.25) is 0 Å². The zero-order chi connectivity index (χ0) is 7.40. The smallest absolute Gasteiger partial charge is 0.0361 e. The van der Waals surface area contributed by atoms with E-state index >= 15 is 0 Å². The molecule has 2 unspecified atom stereocenters. The van der Waals surface area contributed by atoms with Gasteiger partial charge in [0.05, 0.1) is 0 Å². The molecule has 0 bridgehead atoms. The van der Waals surface area contributed by atoms with E-state index in [9.17, 15) is 0 Å². The highest BCUT2D eigenvalue weighted by molar-refractivity contribution is 6.20. The summed E-state index contributed by atoms with van der Waals surface area (Å²) in [6.45, 7) is 2.28. The Balaban J connectivity index is 2.28. The Hall–Kier alpha value is 0.290. The van der Waals surface area contributed by atoms with Crippen LogP contribution in [0.5, 0.6) is 0 Å². The Labute approximate surface area is 69.0 Å². The van der Waals surface area contributed by atoms with Crippen molar-refractivity contribution in [3.63, 3.8) is 0 Å². The summed E-state index contributed by atoms with van der Waals surface area (Å²) in [5, 5.41) is 0.459. The average molecular weight is 161 g/mol. The van der Waals surface area contributed by atoms with Crippen molar-refractivity contribution in [2.75, 3.05) is 0 Å². The summed E-state index contributed by atoms with van der Waals surface area (Å²) in [5.41, 5.74) is 0. The van der Waals surface area contributed by atoms with Crippen LogP contribution in [0.2, 0.25) is 0 Å². The molecule has 1 fully saturated rings. The van der Waals surface area contributed by atoms with E-state index in [-0.39, 0.29) is 0 Å². The molecule has 60 valence electrons. The highest BCUT2D eigenvalue weighted by Gasteiger charge is 2.15. The Bertz CT molecular complexity index is 78.7. The predicted octanol–water partition coefficient (Wildman–Crippen LogP) is 3.58. The molecule has 0 aliphatic heterocycles. The highest BCUT2D eigenvalue weighted by Crippen LogP contribution is 2.25. The molecular formula is C9H17Cl. The SMILES string of the molecule is CC1CCCCCCC1Cl. The van der Waals surface area contributed by atoms with Crippen molar-refractivity contribution >= 4 is 11.6 Å². The molecule has 0 nitrogen and oxygen atoms in total. The summed E-state index contributed by atoms with van der Waals surface area (Å²) < 4.78 is 0. The molecule has 0 aromatic carbocycles. The van der Waals surface area contributed by atoms with Gasteiger partial charge in [-0.1, -0.05) is 32.6 Å². The van der Waals surface area contributed by atoms with Crippen LogP contribution in [0.3, 0.4) is 0 Å². The molecule has 2 atom stereocenters. The van der Waals surface area contributed by atoms with Gasteiger partial charge in [0.25, 0.3) is 0 Å². The molecule has 1 heteroatoms. The van der Waals surface area contributed by atoms with E-state index in [0.29, 0.717) is 5.38 Å². The van der Waals surface area contributed by atoms with Gasteiger partial charge >= 0.3 is 0 Å². The van der Waals surface area contributed by atoms with Gasteiger partial charge in [0, 0.05) is 5.38 Å². The standard InChI is InChI=1S/C9H17Cl/c1-8-6-4-2-3-5-7-9(8)10/h8-9H,2-7H2,1H3. The van der Waals surface area contributed by atoms with Gasteiger partial charge in [-0.15, -0.1) is 11.6 Å². The minimum Gasteiger partial charge on any atom is -0.123 e. The summed E-state index contributed by atoms with van der Waals surface area (Å²) >= 11 is 6.14. The van der Waals surface area contributed by atoms with Crippen LogP contribution in [-0.2, 0) is 0 Å². The van der Waals surface area contributed by atoms with Gasteiger partial charge in [-0.2, -0.15) is 0 Å². The monoisotopic (exact) mass is 160 g/mol. The molecule has 0 heterocycles. The molecule has 0 aromatic rings. The van der Waals surface area contributed by atoms with Gasteiger partial charge in [-0.05, 0) is 18.8 Å². The van der Waals surface area contributed by atoms with Crippen molar-refractivity contribution < 1.29 is 0 Å². The maximum absolute atomic E-state index is 6.14. The summed E-state index contributed by atoms with van der Waals surface area (Å²) in [6.07, 6.45) is 8.14. The maximum Gasteiger partial charge on any atom is 0.0361 e. The van der Waals surface area contributed by atoms with Gasteiger partial charge in [0.2, 0.25) is 0 Å². The number of alkyl halides is 1. The predicted molar refractivity (Wildman–Crippen MR) is 46.5 cm³/mol. The minimum atomic E-state index is 0.459. The number of hydrogen-bond acceptors (Lipinski definition) is 0. The second-order valence-corrected chi connectivity index (χ2v) is 4.05. The molecule has 0 radical (unpaired) electrons. The van der Waals surface area contributed by atoms with Gasteiger partial charge in [0.15, 0.2) is 0 Å². The first kappa shape index (κ1) is 8.39. The first-order valence-electron chi connectivity index (χ1n) is 4.45. The Morgan fingerprint density at radius 1 is 1.00 bits per heavy atom. The quantitative estimate of drug-likeness (QED) is 0.476. The molecule has 1 aliphatic rings. The van der Waals surface area contributed by atoms with Crippen molar-refractivity contribution in [1.82, 2.24) is 0 Å². The van der Waals surface area contributed by atoms with Crippen molar-refractivity contribution in [2.24, 2.45) is 5.92 Å². The molecule has 0 saturated heterocycles. The molecular weight excluding hydrogens is 144 g/mol. The fraction of sp³-hybridized carbons (Fsp3) is 1.00. The third-order valence-corrected chi connectivity index (χ3v) is 3.16. The molecule has 10 heavy (non-hydrogen) atoms. The number of rotatable bonds is 0. The summed E-state index contributed by atoms with van der Waals surface area (Å²) in [7, 11) is 0. The summed E-state index contributed by atoms with van der Waals surface area (Å²) in [6, 6.07) is 0. The third-order valence-electron chi connectivity index (χ3n) is 2.51. The van der Waals surface area contributed by atoms with E-state index in [1.165, 1.54) is 38.5 Å².